The van der Waals surface area contributed by atoms with E-state index < -0.39 is 53.5 Å². The molecule has 0 bridgehead atoms. The number of anilines is 2. The highest BCUT2D eigenvalue weighted by molar-refractivity contribution is 6.32. The van der Waals surface area contributed by atoms with Gasteiger partial charge in [-0.15, -0.1) is 0 Å². The van der Waals surface area contributed by atoms with Crippen LogP contribution in [0.2, 0.25) is 0 Å². The first-order valence-corrected chi connectivity index (χ1v) is 14.6. The number of carbonyl (C=O) groups is 9. The van der Waals surface area contributed by atoms with E-state index in [4.69, 9.17) is 39.9 Å². The summed E-state index contributed by atoms with van der Waals surface area (Å²) in [5.74, 6) is -7.57. The molecule has 0 aliphatic carbocycles. The molecule has 0 unspecified atom stereocenters. The Kier molecular flexibility index (Phi) is 25.8. The summed E-state index contributed by atoms with van der Waals surface area (Å²) >= 11 is 0. The smallest absolute Gasteiger partial charge is 0.347 e. The van der Waals surface area contributed by atoms with E-state index in [2.05, 4.69) is 35.9 Å². The molecule has 0 radical (unpaired) electrons. The lowest BCUT2D eigenvalue weighted by Crippen LogP contribution is -2.22. The molecule has 2 rings (SSSR count). The Morgan fingerprint density at radius 2 is 0.792 bits per heavy atom. The molecule has 0 fully saturated rings. The van der Waals surface area contributed by atoms with Gasteiger partial charge in [0.15, 0.2) is 0 Å². The van der Waals surface area contributed by atoms with Crippen LogP contribution < -0.4 is 16.0 Å². The molecule has 284 valence electrons. The molecule has 0 saturated carbocycles. The molecular weight excluding hydrogens is 706 g/mol. The average Bonchev–Trinajstić information content (AvgIpc) is 3.05. The summed E-state index contributed by atoms with van der Waals surface area (Å²) in [5, 5.41) is 47.4. The topological polar surface area (TPSA) is 340 Å². The first-order valence-electron chi connectivity index (χ1n) is 14.6. The number of hydrogen-bond acceptors (Lipinski definition) is 12. The van der Waals surface area contributed by atoms with Crippen LogP contribution in [0.4, 0.5) is 11.4 Å². The molecule has 0 atom stereocenters. The molecule has 0 saturated heterocycles. The van der Waals surface area contributed by atoms with E-state index in [1.54, 1.807) is 0 Å². The van der Waals surface area contributed by atoms with Crippen LogP contribution in [-0.4, -0.2) is 130 Å². The largest absolute Gasteiger partial charge is 0.481 e. The molecule has 0 aromatic heterocycles. The van der Waals surface area contributed by atoms with E-state index in [0.29, 0.717) is 50.0 Å². The van der Waals surface area contributed by atoms with Crippen LogP contribution in [0.1, 0.15) is 41.5 Å². The number of amides is 4. The normalized spacial score (nSPS) is 10.2. The molecule has 0 aliphatic heterocycles. The lowest BCUT2D eigenvalue weighted by molar-refractivity contribution is -0.135. The highest BCUT2D eigenvalue weighted by atomic mass is 16.4. The number of nitrogens with one attached hydrogen (secondary N) is 3. The molecule has 0 heterocycles. The number of aliphatic imine (C=N–C) groups is 4. The average molecular weight is 744 g/mol. The van der Waals surface area contributed by atoms with Gasteiger partial charge in [-0.3, -0.25) is 43.5 Å². The second-order valence-corrected chi connectivity index (χ2v) is 9.31. The Morgan fingerprint density at radius 1 is 0.509 bits per heavy atom. The van der Waals surface area contributed by atoms with Gasteiger partial charge in [-0.25, -0.2) is 19.6 Å². The summed E-state index contributed by atoms with van der Waals surface area (Å²) in [6.45, 7) is 4.79. The van der Waals surface area contributed by atoms with Crippen molar-refractivity contribution >= 4 is 89.7 Å². The maximum atomic E-state index is 11.9. The first kappa shape index (κ1) is 47.8. The van der Waals surface area contributed by atoms with Gasteiger partial charge in [-0.1, -0.05) is 0 Å². The second kappa shape index (κ2) is 28.5. The number of nitrogens with zero attached hydrogens (tertiary/aromatic N) is 4. The molecule has 8 N–H and O–H groups in total. The van der Waals surface area contributed by atoms with Gasteiger partial charge in [0.25, 0.3) is 41.5 Å². The van der Waals surface area contributed by atoms with Gasteiger partial charge >= 0.3 is 11.9 Å². The zero-order valence-electron chi connectivity index (χ0n) is 28.5. The van der Waals surface area contributed by atoms with E-state index in [0.717, 1.165) is 33.2 Å². The monoisotopic (exact) mass is 743 g/mol. The summed E-state index contributed by atoms with van der Waals surface area (Å²) in [6.07, 6.45) is 3.23. The molecule has 2 aromatic carbocycles. The Balaban J connectivity index is 0. The highest BCUT2D eigenvalue weighted by Crippen LogP contribution is 2.11. The van der Waals surface area contributed by atoms with E-state index >= 15 is 0 Å². The Labute approximate surface area is 300 Å². The van der Waals surface area contributed by atoms with Crippen LogP contribution in [-0.2, 0) is 33.6 Å². The van der Waals surface area contributed by atoms with E-state index in [1.807, 2.05) is 0 Å². The van der Waals surface area contributed by atoms with Gasteiger partial charge in [0.2, 0.25) is 0 Å². The van der Waals surface area contributed by atoms with Crippen molar-refractivity contribution in [3.8, 4) is 0 Å². The fourth-order valence-corrected chi connectivity index (χ4v) is 2.83. The molecule has 21 heteroatoms. The first-order chi connectivity index (χ1) is 24.8. The summed E-state index contributed by atoms with van der Waals surface area (Å²) < 4.78 is 0. The van der Waals surface area contributed by atoms with Crippen molar-refractivity contribution in [1.82, 2.24) is 5.32 Å². The standard InChI is InChI=1S/C26H25N7O8.3C2H4O2/c34-21(32-19-5-1-17(2-6-19)25(40)30-15-23(36)37)13-28-11-9-27-10-12-29-14-22(35)33-20-7-3-18(4-8-20)26(41)31-16-24(38)39;3*1-2(3)4/h1-8,13-16,27H,9-12H2,(H,32,34)(H,33,35)(H,36,37)(H,38,39);3*1H3,(H,3,4). The van der Waals surface area contributed by atoms with Crippen LogP contribution in [0.3, 0.4) is 0 Å². The third kappa shape index (κ3) is 31.7. The fourth-order valence-electron chi connectivity index (χ4n) is 2.83. The molecule has 4 amide bonds. The Hall–Kier alpha value is -7.29. The quantitative estimate of drug-likeness (QED) is 0.0982. The number of carbonyl (C=O) groups excluding carboxylic acids is 4. The number of aliphatic carboxylic acids is 5. The molecular formula is C32H37N7O14. The van der Waals surface area contributed by atoms with E-state index in [9.17, 15) is 28.8 Å². The van der Waals surface area contributed by atoms with Gasteiger partial charge in [0.05, 0.1) is 25.5 Å². The Morgan fingerprint density at radius 3 is 1.06 bits per heavy atom. The van der Waals surface area contributed by atoms with Gasteiger partial charge in [0.1, 0.15) is 12.4 Å². The summed E-state index contributed by atoms with van der Waals surface area (Å²) in [6, 6.07) is 11.5. The lowest BCUT2D eigenvalue weighted by atomic mass is 10.2. The van der Waals surface area contributed by atoms with Gasteiger partial charge < -0.3 is 41.5 Å². The van der Waals surface area contributed by atoms with Crippen LogP contribution in [0.25, 0.3) is 0 Å². The van der Waals surface area contributed by atoms with Crippen molar-refractivity contribution in [3.05, 3.63) is 59.7 Å². The molecule has 0 spiro atoms. The number of carboxylic acid groups (broad SMARTS) is 5. The van der Waals surface area contributed by atoms with Crippen molar-refractivity contribution in [2.75, 3.05) is 36.8 Å². The van der Waals surface area contributed by atoms with Crippen molar-refractivity contribution in [2.45, 2.75) is 20.8 Å². The number of rotatable bonds is 14. The van der Waals surface area contributed by atoms with Crippen molar-refractivity contribution in [1.29, 1.82) is 0 Å². The minimum absolute atomic E-state index is 0.164. The summed E-state index contributed by atoms with van der Waals surface area (Å²) in [5.41, 5.74) is 1.15. The molecule has 0 aliphatic rings. The predicted octanol–water partition coefficient (Wildman–Crippen LogP) is 0.859. The van der Waals surface area contributed by atoms with Gasteiger partial charge in [-0.05, 0) is 48.5 Å². The minimum atomic E-state index is -1.34. The van der Waals surface area contributed by atoms with E-state index in [1.165, 1.54) is 48.5 Å². The number of hydrogen-bond donors (Lipinski definition) is 8. The van der Waals surface area contributed by atoms with Gasteiger partial charge in [0, 0.05) is 56.4 Å². The third-order valence-electron chi connectivity index (χ3n) is 4.64. The number of carboxylic acids is 5. The zero-order valence-corrected chi connectivity index (χ0v) is 28.5. The second-order valence-electron chi connectivity index (χ2n) is 9.31. The predicted molar refractivity (Wildman–Crippen MR) is 191 cm³/mol. The van der Waals surface area contributed by atoms with Crippen molar-refractivity contribution in [2.24, 2.45) is 20.0 Å². The van der Waals surface area contributed by atoms with Crippen LogP contribution >= 0.6 is 0 Å². The summed E-state index contributed by atoms with van der Waals surface area (Å²) in [7, 11) is 0. The van der Waals surface area contributed by atoms with E-state index in [-0.39, 0.29) is 11.1 Å². The maximum Gasteiger partial charge on any atom is 0.347 e. The van der Waals surface area contributed by atoms with Gasteiger partial charge in [-0.2, -0.15) is 0 Å². The Bertz CT molecular complexity index is 1540. The van der Waals surface area contributed by atoms with Crippen LogP contribution in [0, 0.1) is 0 Å². The lowest BCUT2D eigenvalue weighted by Gasteiger charge is -2.03. The SMILES string of the molecule is CC(=O)O.CC(=O)O.CC(=O)O.O=C(O)C=NC(=O)c1ccc(NC(=O)C=NCCNCCN=CC(=O)Nc2ccc(C(=O)N=CC(=O)O)cc2)cc1. The highest BCUT2D eigenvalue weighted by Gasteiger charge is 2.06. The molecule has 53 heavy (non-hydrogen) atoms. The fraction of sp³-hybridized carbons (Fsp3) is 0.219. The third-order valence-corrected chi connectivity index (χ3v) is 4.64. The van der Waals surface area contributed by atoms with Crippen molar-refractivity contribution in [3.63, 3.8) is 0 Å². The molecule has 21 nitrogen and oxygen atoms in total. The number of benzene rings is 2. The maximum absolute atomic E-state index is 11.9. The van der Waals surface area contributed by atoms with Crippen LogP contribution in [0.15, 0.2) is 68.5 Å². The zero-order chi connectivity index (χ0) is 40.8. The minimum Gasteiger partial charge on any atom is -0.481 e. The van der Waals surface area contributed by atoms with Crippen LogP contribution in [0.5, 0.6) is 0 Å². The van der Waals surface area contributed by atoms with Crippen molar-refractivity contribution < 1.29 is 68.7 Å². The molecule has 2 aromatic rings. The summed E-state index contributed by atoms with van der Waals surface area (Å²) in [4.78, 5) is 110.